The quantitative estimate of drug-likeness (QED) is 0.742. The minimum atomic E-state index is -0.0838. The number of ether oxygens (including phenoxy) is 2. The molecule has 0 atom stereocenters. The van der Waals surface area contributed by atoms with Gasteiger partial charge in [-0.05, 0) is 24.3 Å². The summed E-state index contributed by atoms with van der Waals surface area (Å²) >= 11 is 3.48. The van der Waals surface area contributed by atoms with Crippen LogP contribution in [-0.2, 0) is 9.47 Å². The molecule has 1 heterocycles. The first kappa shape index (κ1) is 15.8. The van der Waals surface area contributed by atoms with Crippen molar-refractivity contribution < 1.29 is 9.47 Å². The van der Waals surface area contributed by atoms with E-state index in [2.05, 4.69) is 50.0 Å². The zero-order valence-electron chi connectivity index (χ0n) is 12.2. The van der Waals surface area contributed by atoms with Crippen LogP contribution in [-0.4, -0.2) is 58.1 Å². The van der Waals surface area contributed by atoms with Crippen LogP contribution in [0.15, 0.2) is 28.7 Å². The Hall–Kier alpha value is -0.620. The summed E-state index contributed by atoms with van der Waals surface area (Å²) in [6, 6.07) is 8.55. The number of benzene rings is 1. The summed E-state index contributed by atoms with van der Waals surface area (Å²) in [5.74, 6) is 0. The summed E-state index contributed by atoms with van der Waals surface area (Å²) in [6.45, 7) is 5.37. The van der Waals surface area contributed by atoms with Crippen LogP contribution in [0.1, 0.15) is 6.42 Å². The highest BCUT2D eigenvalue weighted by Gasteiger charge is 2.18. The van der Waals surface area contributed by atoms with Gasteiger partial charge in [-0.15, -0.1) is 0 Å². The highest BCUT2D eigenvalue weighted by molar-refractivity contribution is 9.10. The highest BCUT2D eigenvalue weighted by Crippen LogP contribution is 2.19. The van der Waals surface area contributed by atoms with Crippen LogP contribution in [0, 0.1) is 0 Å². The van der Waals surface area contributed by atoms with Gasteiger partial charge in [0.25, 0.3) is 0 Å². The minimum Gasteiger partial charge on any atom is -0.369 e. The first-order valence-electron chi connectivity index (χ1n) is 7.01. The number of hydrogen-bond acceptors (Lipinski definition) is 4. The van der Waals surface area contributed by atoms with Crippen LogP contribution in [0.5, 0.6) is 0 Å². The molecule has 0 saturated carbocycles. The van der Waals surface area contributed by atoms with Crippen LogP contribution in [0.2, 0.25) is 0 Å². The van der Waals surface area contributed by atoms with E-state index in [9.17, 15) is 0 Å². The van der Waals surface area contributed by atoms with Gasteiger partial charge in [0.05, 0.1) is 0 Å². The summed E-state index contributed by atoms with van der Waals surface area (Å²) in [4.78, 5) is 4.91. The van der Waals surface area contributed by atoms with Crippen molar-refractivity contribution in [1.82, 2.24) is 4.90 Å². The van der Waals surface area contributed by atoms with Crippen molar-refractivity contribution in [3.05, 3.63) is 28.7 Å². The van der Waals surface area contributed by atoms with Gasteiger partial charge in [-0.25, -0.2) is 0 Å². The van der Waals surface area contributed by atoms with E-state index in [-0.39, 0.29) is 6.29 Å². The molecule has 1 saturated heterocycles. The summed E-state index contributed by atoms with van der Waals surface area (Å²) in [5.41, 5.74) is 1.31. The minimum absolute atomic E-state index is 0.0838. The van der Waals surface area contributed by atoms with E-state index in [1.807, 2.05) is 0 Å². The Bertz CT molecular complexity index is 387. The SMILES string of the molecule is COC(CCN1CCN(c2ccc(Br)cc2)CC1)OC. The van der Waals surface area contributed by atoms with Gasteiger partial charge in [0, 0.05) is 63.5 Å². The van der Waals surface area contributed by atoms with Crippen molar-refractivity contribution in [2.75, 3.05) is 51.8 Å². The average Bonchev–Trinajstić information content (AvgIpc) is 2.50. The Kier molecular flexibility index (Phi) is 6.29. The van der Waals surface area contributed by atoms with E-state index >= 15 is 0 Å². The molecular weight excluding hydrogens is 320 g/mol. The zero-order chi connectivity index (χ0) is 14.4. The number of methoxy groups -OCH3 is 2. The molecule has 112 valence electrons. The molecule has 1 aromatic carbocycles. The fourth-order valence-electron chi connectivity index (χ4n) is 2.50. The molecule has 1 aromatic rings. The lowest BCUT2D eigenvalue weighted by Crippen LogP contribution is -2.47. The second kappa shape index (κ2) is 7.98. The van der Waals surface area contributed by atoms with Gasteiger partial charge in [-0.1, -0.05) is 15.9 Å². The molecule has 1 aliphatic heterocycles. The van der Waals surface area contributed by atoms with E-state index in [1.165, 1.54) is 5.69 Å². The predicted octanol–water partition coefficient (Wildman–Crippen LogP) is 2.58. The van der Waals surface area contributed by atoms with Gasteiger partial charge in [0.1, 0.15) is 0 Å². The van der Waals surface area contributed by atoms with Crippen molar-refractivity contribution in [2.45, 2.75) is 12.7 Å². The lowest BCUT2D eigenvalue weighted by Gasteiger charge is -2.36. The van der Waals surface area contributed by atoms with Crippen LogP contribution >= 0.6 is 15.9 Å². The third kappa shape index (κ3) is 4.45. The van der Waals surface area contributed by atoms with Crippen LogP contribution < -0.4 is 4.90 Å². The fraction of sp³-hybridized carbons (Fsp3) is 0.600. The molecular formula is C15H23BrN2O2. The molecule has 0 aromatic heterocycles. The Morgan fingerprint density at radius 2 is 1.65 bits per heavy atom. The first-order chi connectivity index (χ1) is 9.72. The van der Waals surface area contributed by atoms with Crippen LogP contribution in [0.4, 0.5) is 5.69 Å². The normalized spacial score (nSPS) is 16.9. The first-order valence-corrected chi connectivity index (χ1v) is 7.80. The Morgan fingerprint density at radius 1 is 1.05 bits per heavy atom. The number of piperazine rings is 1. The Labute approximate surface area is 129 Å². The van der Waals surface area contributed by atoms with Crippen LogP contribution in [0.3, 0.4) is 0 Å². The van der Waals surface area contributed by atoms with Crippen molar-refractivity contribution in [3.8, 4) is 0 Å². The predicted molar refractivity (Wildman–Crippen MR) is 85.2 cm³/mol. The summed E-state index contributed by atoms with van der Waals surface area (Å²) < 4.78 is 11.6. The molecule has 1 aliphatic rings. The maximum atomic E-state index is 5.23. The molecule has 5 heteroatoms. The van der Waals surface area contributed by atoms with Gasteiger partial charge in [0.2, 0.25) is 0 Å². The van der Waals surface area contributed by atoms with Crippen molar-refractivity contribution in [2.24, 2.45) is 0 Å². The van der Waals surface area contributed by atoms with Crippen molar-refractivity contribution in [3.63, 3.8) is 0 Å². The maximum Gasteiger partial charge on any atom is 0.158 e. The van der Waals surface area contributed by atoms with Gasteiger partial charge in [0.15, 0.2) is 6.29 Å². The van der Waals surface area contributed by atoms with Gasteiger partial charge >= 0.3 is 0 Å². The second-order valence-electron chi connectivity index (χ2n) is 4.99. The monoisotopic (exact) mass is 342 g/mol. The number of rotatable bonds is 6. The van der Waals surface area contributed by atoms with E-state index in [0.717, 1.165) is 43.6 Å². The summed E-state index contributed by atoms with van der Waals surface area (Å²) in [5, 5.41) is 0. The lowest BCUT2D eigenvalue weighted by molar-refractivity contribution is -0.109. The maximum absolute atomic E-state index is 5.23. The fourth-order valence-corrected chi connectivity index (χ4v) is 2.77. The third-order valence-electron chi connectivity index (χ3n) is 3.77. The topological polar surface area (TPSA) is 24.9 Å². The van der Waals surface area contributed by atoms with E-state index < -0.39 is 0 Å². The van der Waals surface area contributed by atoms with E-state index in [4.69, 9.17) is 9.47 Å². The van der Waals surface area contributed by atoms with E-state index in [0.29, 0.717) is 0 Å². The molecule has 2 rings (SSSR count). The standard InChI is InChI=1S/C15H23BrN2O2/c1-19-15(20-2)7-8-17-9-11-18(12-10-17)14-5-3-13(16)4-6-14/h3-6,15H,7-12H2,1-2H3. The molecule has 0 spiro atoms. The lowest BCUT2D eigenvalue weighted by atomic mass is 10.2. The number of halogens is 1. The number of anilines is 1. The molecule has 0 unspecified atom stereocenters. The highest BCUT2D eigenvalue weighted by atomic mass is 79.9. The number of nitrogens with zero attached hydrogens (tertiary/aromatic N) is 2. The molecule has 20 heavy (non-hydrogen) atoms. The molecule has 0 N–H and O–H groups in total. The molecule has 4 nitrogen and oxygen atoms in total. The molecule has 0 bridgehead atoms. The molecule has 1 fully saturated rings. The summed E-state index contributed by atoms with van der Waals surface area (Å²) in [7, 11) is 3.39. The largest absolute Gasteiger partial charge is 0.369 e. The van der Waals surface area contributed by atoms with Gasteiger partial charge in [-0.2, -0.15) is 0 Å². The van der Waals surface area contributed by atoms with E-state index in [1.54, 1.807) is 14.2 Å². The van der Waals surface area contributed by atoms with Crippen molar-refractivity contribution in [1.29, 1.82) is 0 Å². The van der Waals surface area contributed by atoms with Crippen LogP contribution in [0.25, 0.3) is 0 Å². The van der Waals surface area contributed by atoms with Gasteiger partial charge in [-0.3, -0.25) is 4.90 Å². The van der Waals surface area contributed by atoms with Gasteiger partial charge < -0.3 is 14.4 Å². The molecule has 0 amide bonds. The molecule has 0 radical (unpaired) electrons. The van der Waals surface area contributed by atoms with Crippen molar-refractivity contribution >= 4 is 21.6 Å². The average molecular weight is 343 g/mol. The number of hydrogen-bond donors (Lipinski definition) is 0. The second-order valence-corrected chi connectivity index (χ2v) is 5.91. The smallest absolute Gasteiger partial charge is 0.158 e. The zero-order valence-corrected chi connectivity index (χ0v) is 13.8. The Balaban J connectivity index is 1.76. The molecule has 0 aliphatic carbocycles. The Morgan fingerprint density at radius 3 is 2.20 bits per heavy atom. The summed E-state index contributed by atoms with van der Waals surface area (Å²) in [6.07, 6.45) is 0.838. The third-order valence-corrected chi connectivity index (χ3v) is 4.30.